The van der Waals surface area contributed by atoms with Crippen LogP contribution in [0.15, 0.2) is 29.1 Å². The van der Waals surface area contributed by atoms with E-state index in [1.807, 2.05) is 5.43 Å². The molecule has 82 valence electrons. The van der Waals surface area contributed by atoms with Crippen molar-refractivity contribution in [2.75, 3.05) is 0 Å². The van der Waals surface area contributed by atoms with E-state index in [1.54, 1.807) is 19.1 Å². The fourth-order valence-corrected chi connectivity index (χ4v) is 1.60. The van der Waals surface area contributed by atoms with E-state index in [0.717, 1.165) is 5.69 Å². The summed E-state index contributed by atoms with van der Waals surface area (Å²) in [6, 6.07) is 6.32. The molecule has 5 nitrogen and oxygen atoms in total. The van der Waals surface area contributed by atoms with Gasteiger partial charge in [0, 0.05) is 28.2 Å². The number of carbonyl (C=O) groups excluding carboxylic acids is 1. The standard InChI is InChI=1S/C11H11N3O2/c1-6-4-10(15)8-5-7(11(16)14-12)2-3-9(8)13-6/h2-5H,12H2,1H3,(H,13,15)(H,14,16). The summed E-state index contributed by atoms with van der Waals surface area (Å²) in [6.07, 6.45) is 0. The zero-order valence-electron chi connectivity index (χ0n) is 8.70. The molecule has 0 aliphatic heterocycles. The van der Waals surface area contributed by atoms with Gasteiger partial charge in [0.25, 0.3) is 5.91 Å². The second kappa shape index (κ2) is 3.79. The van der Waals surface area contributed by atoms with Gasteiger partial charge in [-0.1, -0.05) is 0 Å². The summed E-state index contributed by atoms with van der Waals surface area (Å²) in [4.78, 5) is 26.0. The average molecular weight is 217 g/mol. The number of aromatic amines is 1. The molecule has 0 bridgehead atoms. The molecule has 0 saturated carbocycles. The lowest BCUT2D eigenvalue weighted by Crippen LogP contribution is -2.30. The van der Waals surface area contributed by atoms with Crippen molar-refractivity contribution in [1.29, 1.82) is 0 Å². The van der Waals surface area contributed by atoms with E-state index in [2.05, 4.69) is 4.98 Å². The summed E-state index contributed by atoms with van der Waals surface area (Å²) in [5.74, 6) is 4.61. The smallest absolute Gasteiger partial charge is 0.265 e. The molecule has 1 aromatic heterocycles. The SMILES string of the molecule is Cc1cc(=O)c2cc(C(=O)NN)ccc2[nH]1. The lowest BCUT2D eigenvalue weighted by molar-refractivity contribution is 0.0954. The minimum absolute atomic E-state index is 0.113. The molecule has 2 rings (SSSR count). The average Bonchev–Trinajstić information content (AvgIpc) is 2.27. The van der Waals surface area contributed by atoms with Gasteiger partial charge in [-0.05, 0) is 25.1 Å². The zero-order chi connectivity index (χ0) is 11.7. The monoisotopic (exact) mass is 217 g/mol. The van der Waals surface area contributed by atoms with Crippen molar-refractivity contribution in [2.45, 2.75) is 6.92 Å². The Labute approximate surface area is 91.2 Å². The van der Waals surface area contributed by atoms with Crippen LogP contribution in [-0.4, -0.2) is 10.9 Å². The number of hydrogen-bond donors (Lipinski definition) is 3. The minimum atomic E-state index is -0.415. The molecular formula is C11H11N3O2. The number of carbonyl (C=O) groups is 1. The fourth-order valence-electron chi connectivity index (χ4n) is 1.60. The van der Waals surface area contributed by atoms with Crippen molar-refractivity contribution >= 4 is 16.8 Å². The number of benzene rings is 1. The van der Waals surface area contributed by atoms with Gasteiger partial charge in [-0.25, -0.2) is 5.84 Å². The van der Waals surface area contributed by atoms with Crippen LogP contribution in [0.1, 0.15) is 16.1 Å². The molecule has 1 aromatic carbocycles. The molecule has 4 N–H and O–H groups in total. The van der Waals surface area contributed by atoms with E-state index >= 15 is 0 Å². The van der Waals surface area contributed by atoms with Crippen molar-refractivity contribution in [3.63, 3.8) is 0 Å². The second-order valence-electron chi connectivity index (χ2n) is 3.55. The number of hydrazine groups is 1. The number of nitrogen functional groups attached to an aromatic ring is 1. The summed E-state index contributed by atoms with van der Waals surface area (Å²) in [5, 5.41) is 0.478. The quantitative estimate of drug-likeness (QED) is 0.368. The zero-order valence-corrected chi connectivity index (χ0v) is 8.70. The highest BCUT2D eigenvalue weighted by Crippen LogP contribution is 2.10. The van der Waals surface area contributed by atoms with Crippen LogP contribution in [0.5, 0.6) is 0 Å². The number of amides is 1. The van der Waals surface area contributed by atoms with E-state index in [-0.39, 0.29) is 5.43 Å². The van der Waals surface area contributed by atoms with Gasteiger partial charge < -0.3 is 4.98 Å². The molecule has 0 saturated heterocycles. The molecule has 0 aliphatic rings. The van der Waals surface area contributed by atoms with Crippen molar-refractivity contribution in [1.82, 2.24) is 10.4 Å². The van der Waals surface area contributed by atoms with Crippen LogP contribution in [0.25, 0.3) is 10.9 Å². The third-order valence-electron chi connectivity index (χ3n) is 2.36. The van der Waals surface area contributed by atoms with E-state index in [4.69, 9.17) is 5.84 Å². The molecule has 0 aliphatic carbocycles. The maximum absolute atomic E-state index is 11.7. The predicted molar refractivity (Wildman–Crippen MR) is 61.0 cm³/mol. The number of nitrogens with two attached hydrogens (primary N) is 1. The van der Waals surface area contributed by atoms with Crippen LogP contribution in [0.2, 0.25) is 0 Å². The van der Waals surface area contributed by atoms with Crippen molar-refractivity contribution in [3.05, 3.63) is 45.7 Å². The first-order valence-corrected chi connectivity index (χ1v) is 4.76. The molecule has 0 spiro atoms. The highest BCUT2D eigenvalue weighted by Gasteiger charge is 2.06. The summed E-state index contributed by atoms with van der Waals surface area (Å²) in [6.45, 7) is 1.81. The normalized spacial score (nSPS) is 10.4. The third kappa shape index (κ3) is 1.68. The number of fused-ring (bicyclic) bond motifs is 1. The van der Waals surface area contributed by atoms with Crippen LogP contribution in [-0.2, 0) is 0 Å². The van der Waals surface area contributed by atoms with Gasteiger partial charge in [-0.15, -0.1) is 0 Å². The first kappa shape index (κ1) is 10.4. The van der Waals surface area contributed by atoms with Gasteiger partial charge in [0.05, 0.1) is 0 Å². The van der Waals surface area contributed by atoms with Crippen LogP contribution >= 0.6 is 0 Å². The Morgan fingerprint density at radius 2 is 2.12 bits per heavy atom. The number of aromatic nitrogens is 1. The molecule has 0 unspecified atom stereocenters. The van der Waals surface area contributed by atoms with Crippen LogP contribution in [0, 0.1) is 6.92 Å². The predicted octanol–water partition coefficient (Wildman–Crippen LogP) is 0.440. The Balaban J connectivity index is 2.71. The van der Waals surface area contributed by atoms with Crippen LogP contribution < -0.4 is 16.7 Å². The second-order valence-corrected chi connectivity index (χ2v) is 3.55. The Morgan fingerprint density at radius 3 is 2.81 bits per heavy atom. The van der Waals surface area contributed by atoms with Gasteiger partial charge >= 0.3 is 0 Å². The van der Waals surface area contributed by atoms with Crippen molar-refractivity contribution < 1.29 is 4.79 Å². The third-order valence-corrected chi connectivity index (χ3v) is 2.36. The van der Waals surface area contributed by atoms with Crippen molar-refractivity contribution in [2.24, 2.45) is 5.84 Å². The first-order valence-electron chi connectivity index (χ1n) is 4.76. The molecule has 1 amide bonds. The number of nitrogens with one attached hydrogen (secondary N) is 2. The van der Waals surface area contributed by atoms with Gasteiger partial charge in [0.2, 0.25) is 0 Å². The van der Waals surface area contributed by atoms with E-state index in [0.29, 0.717) is 16.5 Å². The summed E-state index contributed by atoms with van der Waals surface area (Å²) in [7, 11) is 0. The van der Waals surface area contributed by atoms with Gasteiger partial charge in [-0.2, -0.15) is 0 Å². The Hall–Kier alpha value is -2.14. The van der Waals surface area contributed by atoms with Crippen LogP contribution in [0.4, 0.5) is 0 Å². The number of aryl methyl sites for hydroxylation is 1. The maximum atomic E-state index is 11.7. The highest BCUT2D eigenvalue weighted by atomic mass is 16.2. The number of rotatable bonds is 1. The van der Waals surface area contributed by atoms with E-state index in [9.17, 15) is 9.59 Å². The molecule has 0 atom stereocenters. The van der Waals surface area contributed by atoms with Gasteiger partial charge in [0.1, 0.15) is 0 Å². The van der Waals surface area contributed by atoms with E-state index in [1.165, 1.54) is 12.1 Å². The number of H-pyrrole nitrogens is 1. The Kier molecular flexibility index (Phi) is 2.46. The Bertz CT molecular complexity index is 616. The largest absolute Gasteiger partial charge is 0.358 e. The maximum Gasteiger partial charge on any atom is 0.265 e. The van der Waals surface area contributed by atoms with Crippen molar-refractivity contribution in [3.8, 4) is 0 Å². The molecule has 2 aromatic rings. The fraction of sp³-hybridized carbons (Fsp3) is 0.0909. The van der Waals surface area contributed by atoms with Gasteiger partial charge in [-0.3, -0.25) is 15.0 Å². The summed E-state index contributed by atoms with van der Waals surface area (Å²) < 4.78 is 0. The lowest BCUT2D eigenvalue weighted by atomic mass is 10.1. The summed E-state index contributed by atoms with van der Waals surface area (Å²) >= 11 is 0. The molecule has 16 heavy (non-hydrogen) atoms. The molecule has 5 heteroatoms. The Morgan fingerprint density at radius 1 is 1.38 bits per heavy atom. The van der Waals surface area contributed by atoms with Crippen LogP contribution in [0.3, 0.4) is 0 Å². The molecule has 0 radical (unpaired) electrons. The number of pyridine rings is 1. The topological polar surface area (TPSA) is 88.0 Å². The molecular weight excluding hydrogens is 206 g/mol. The first-order chi connectivity index (χ1) is 7.61. The van der Waals surface area contributed by atoms with E-state index < -0.39 is 5.91 Å². The molecule has 1 heterocycles. The molecule has 0 fully saturated rings. The summed E-state index contributed by atoms with van der Waals surface area (Å²) in [5.41, 5.74) is 3.77. The van der Waals surface area contributed by atoms with Gasteiger partial charge in [0.15, 0.2) is 5.43 Å². The minimum Gasteiger partial charge on any atom is -0.358 e. The lowest BCUT2D eigenvalue weighted by Gasteiger charge is -2.03. The highest BCUT2D eigenvalue weighted by molar-refractivity contribution is 5.97. The number of hydrogen-bond acceptors (Lipinski definition) is 3.